The number of esters is 3. The summed E-state index contributed by atoms with van der Waals surface area (Å²) in [6, 6.07) is 5.61. The molecule has 162 valence electrons. The van der Waals surface area contributed by atoms with Crippen LogP contribution < -0.4 is 0 Å². The number of ether oxygens (including phenoxy) is 3. The molecular weight excluding hydrogens is 422 g/mol. The van der Waals surface area contributed by atoms with Crippen LogP contribution in [0.5, 0.6) is 0 Å². The molecule has 0 saturated carbocycles. The number of benzene rings is 1. The number of thioether (sulfide) groups is 1. The number of amides is 1. The Morgan fingerprint density at radius 2 is 2.03 bits per heavy atom. The average molecular weight is 443 g/mol. The zero-order valence-corrected chi connectivity index (χ0v) is 17.8. The summed E-state index contributed by atoms with van der Waals surface area (Å²) in [6.07, 6.45) is 4.04. The molecule has 1 aromatic carbocycles. The van der Waals surface area contributed by atoms with Crippen LogP contribution in [0.4, 0.5) is 0 Å². The fourth-order valence-electron chi connectivity index (χ4n) is 4.00. The van der Waals surface area contributed by atoms with Crippen molar-refractivity contribution in [3.63, 3.8) is 0 Å². The van der Waals surface area contributed by atoms with Crippen LogP contribution in [0.15, 0.2) is 47.4 Å². The van der Waals surface area contributed by atoms with Gasteiger partial charge in [-0.1, -0.05) is 31.2 Å². The number of allylic oxidation sites excluding steroid dienone is 1. The lowest BCUT2D eigenvalue weighted by Crippen LogP contribution is -2.62. The van der Waals surface area contributed by atoms with Crippen molar-refractivity contribution in [2.24, 2.45) is 5.92 Å². The standard InChI is InChI=1S/C22H21NO7S/c1-3-31-16-11-15-14(9-6-10-17(24)28-2)19(25)23(15)18(16)21(27)30-22-13-8-5-4-7-12(13)20(26)29-22/h4-8,10-11,14-15,18,22H,3,9H2,1-2H3/t14?,15?,18-,22?/m0/s1. The Hall–Kier alpha value is -3.07. The molecule has 0 bridgehead atoms. The summed E-state index contributed by atoms with van der Waals surface area (Å²) in [5.74, 6) is -1.49. The second-order valence-electron chi connectivity index (χ2n) is 7.17. The largest absolute Gasteiger partial charge is 0.466 e. The van der Waals surface area contributed by atoms with Gasteiger partial charge in [0.15, 0.2) is 6.04 Å². The molecule has 3 unspecified atom stereocenters. The Morgan fingerprint density at radius 3 is 2.77 bits per heavy atom. The summed E-state index contributed by atoms with van der Waals surface area (Å²) < 4.78 is 15.3. The van der Waals surface area contributed by atoms with E-state index < -0.39 is 30.2 Å². The maximum atomic E-state index is 13.1. The van der Waals surface area contributed by atoms with Gasteiger partial charge in [0, 0.05) is 16.5 Å². The monoisotopic (exact) mass is 443 g/mol. The summed E-state index contributed by atoms with van der Waals surface area (Å²) >= 11 is 1.47. The van der Waals surface area contributed by atoms with Crippen molar-refractivity contribution >= 4 is 35.6 Å². The lowest BCUT2D eigenvalue weighted by Gasteiger charge is -2.44. The molecule has 0 aliphatic carbocycles. The highest BCUT2D eigenvalue weighted by atomic mass is 32.2. The maximum Gasteiger partial charge on any atom is 0.342 e. The first kappa shape index (κ1) is 21.2. The highest BCUT2D eigenvalue weighted by Crippen LogP contribution is 2.45. The molecular formula is C22H21NO7S. The minimum atomic E-state index is -1.13. The average Bonchev–Trinajstić information content (AvgIpc) is 3.27. The number of methoxy groups -OCH3 is 1. The van der Waals surface area contributed by atoms with Crippen LogP contribution in [-0.4, -0.2) is 53.7 Å². The van der Waals surface area contributed by atoms with Gasteiger partial charge in [-0.2, -0.15) is 0 Å². The van der Waals surface area contributed by atoms with Crippen molar-refractivity contribution in [3.05, 3.63) is 58.5 Å². The van der Waals surface area contributed by atoms with Crippen LogP contribution in [0.3, 0.4) is 0 Å². The Bertz CT molecular complexity index is 1000. The number of cyclic esters (lactones) is 1. The number of hydrogen-bond acceptors (Lipinski definition) is 8. The van der Waals surface area contributed by atoms with E-state index in [1.165, 1.54) is 29.8 Å². The van der Waals surface area contributed by atoms with Crippen molar-refractivity contribution in [1.29, 1.82) is 0 Å². The van der Waals surface area contributed by atoms with Crippen molar-refractivity contribution in [3.8, 4) is 0 Å². The Labute approximate surface area is 183 Å². The maximum absolute atomic E-state index is 13.1. The van der Waals surface area contributed by atoms with Crippen LogP contribution in [-0.2, 0) is 28.6 Å². The third kappa shape index (κ3) is 3.74. The fourth-order valence-corrected chi connectivity index (χ4v) is 4.94. The van der Waals surface area contributed by atoms with Gasteiger partial charge in [0.1, 0.15) is 0 Å². The predicted molar refractivity (Wildman–Crippen MR) is 111 cm³/mol. The molecule has 1 saturated heterocycles. The lowest BCUT2D eigenvalue weighted by molar-refractivity contribution is -0.179. The van der Waals surface area contributed by atoms with E-state index in [-0.39, 0.29) is 17.9 Å². The molecule has 0 radical (unpaired) electrons. The first-order chi connectivity index (χ1) is 15.0. The van der Waals surface area contributed by atoms with Gasteiger partial charge >= 0.3 is 17.9 Å². The molecule has 0 aromatic heterocycles. The highest BCUT2D eigenvalue weighted by Gasteiger charge is 2.56. The first-order valence-corrected chi connectivity index (χ1v) is 10.9. The molecule has 4 rings (SSSR count). The van der Waals surface area contributed by atoms with Crippen molar-refractivity contribution in [2.75, 3.05) is 12.9 Å². The van der Waals surface area contributed by atoms with Crippen LogP contribution in [0.1, 0.15) is 35.6 Å². The van der Waals surface area contributed by atoms with E-state index in [4.69, 9.17) is 9.47 Å². The number of nitrogens with zero attached hydrogens (tertiary/aromatic N) is 1. The number of carbonyl (C=O) groups excluding carboxylic acids is 4. The van der Waals surface area contributed by atoms with Gasteiger partial charge in [0.2, 0.25) is 5.91 Å². The van der Waals surface area contributed by atoms with E-state index in [9.17, 15) is 19.2 Å². The van der Waals surface area contributed by atoms with Gasteiger partial charge in [0.25, 0.3) is 6.29 Å². The van der Waals surface area contributed by atoms with Crippen LogP contribution in [0.25, 0.3) is 0 Å². The first-order valence-electron chi connectivity index (χ1n) is 9.87. The zero-order chi connectivity index (χ0) is 22.1. The Kier molecular flexibility index (Phi) is 5.86. The third-order valence-corrected chi connectivity index (χ3v) is 6.42. The van der Waals surface area contributed by atoms with Crippen LogP contribution >= 0.6 is 11.8 Å². The smallest absolute Gasteiger partial charge is 0.342 e. The topological polar surface area (TPSA) is 99.2 Å². The van der Waals surface area contributed by atoms with Crippen molar-refractivity contribution < 1.29 is 33.4 Å². The van der Waals surface area contributed by atoms with Gasteiger partial charge in [0.05, 0.1) is 24.6 Å². The normalized spacial score (nSPS) is 26.1. The highest BCUT2D eigenvalue weighted by molar-refractivity contribution is 8.03. The Balaban J connectivity index is 1.48. The van der Waals surface area contributed by atoms with E-state index in [1.54, 1.807) is 30.3 Å². The van der Waals surface area contributed by atoms with E-state index in [1.807, 2.05) is 13.0 Å². The zero-order valence-electron chi connectivity index (χ0n) is 17.0. The summed E-state index contributed by atoms with van der Waals surface area (Å²) in [5, 5.41) is 0. The summed E-state index contributed by atoms with van der Waals surface area (Å²) in [7, 11) is 1.28. The Morgan fingerprint density at radius 1 is 1.26 bits per heavy atom. The molecule has 3 aliphatic heterocycles. The third-order valence-electron chi connectivity index (χ3n) is 5.44. The molecule has 31 heavy (non-hydrogen) atoms. The van der Waals surface area contributed by atoms with Gasteiger partial charge < -0.3 is 19.1 Å². The lowest BCUT2D eigenvalue weighted by atomic mass is 9.86. The quantitative estimate of drug-likeness (QED) is 0.360. The van der Waals surface area contributed by atoms with Gasteiger partial charge in [-0.3, -0.25) is 4.79 Å². The van der Waals surface area contributed by atoms with Crippen molar-refractivity contribution in [1.82, 2.24) is 4.90 Å². The van der Waals surface area contributed by atoms with Gasteiger partial charge in [-0.05, 0) is 24.3 Å². The minimum Gasteiger partial charge on any atom is -0.466 e. The van der Waals surface area contributed by atoms with E-state index in [2.05, 4.69) is 4.74 Å². The molecule has 0 spiro atoms. The van der Waals surface area contributed by atoms with E-state index in [0.29, 0.717) is 17.5 Å². The molecule has 4 atom stereocenters. The SMILES string of the molecule is CCSC1=CC2C(CC=CC(=O)OC)C(=O)N2[C@@H]1C(=O)OC1OC(=O)c2ccccc21. The number of carbonyl (C=O) groups is 4. The van der Waals surface area contributed by atoms with Crippen LogP contribution in [0.2, 0.25) is 0 Å². The van der Waals surface area contributed by atoms with E-state index in [0.717, 1.165) is 10.7 Å². The molecule has 9 heteroatoms. The van der Waals surface area contributed by atoms with Gasteiger partial charge in [-0.25, -0.2) is 14.4 Å². The molecule has 1 aromatic rings. The molecule has 3 aliphatic rings. The van der Waals surface area contributed by atoms with E-state index >= 15 is 0 Å². The fraction of sp³-hybridized carbons (Fsp3) is 0.364. The minimum absolute atomic E-state index is 0.187. The molecule has 0 N–H and O–H groups in total. The number of fused-ring (bicyclic) bond motifs is 2. The predicted octanol–water partition coefficient (Wildman–Crippen LogP) is 2.36. The summed E-state index contributed by atoms with van der Waals surface area (Å²) in [6.45, 7) is 1.96. The summed E-state index contributed by atoms with van der Waals surface area (Å²) in [4.78, 5) is 51.3. The van der Waals surface area contributed by atoms with Gasteiger partial charge in [-0.15, -0.1) is 11.8 Å². The molecule has 1 fully saturated rings. The second kappa shape index (κ2) is 8.58. The number of hydrogen-bond donors (Lipinski definition) is 0. The molecule has 3 heterocycles. The van der Waals surface area contributed by atoms with Crippen molar-refractivity contribution in [2.45, 2.75) is 31.7 Å². The molecule has 8 nitrogen and oxygen atoms in total. The second-order valence-corrected chi connectivity index (χ2v) is 8.51. The summed E-state index contributed by atoms with van der Waals surface area (Å²) in [5.41, 5.74) is 0.852. The number of rotatable bonds is 7. The van der Waals surface area contributed by atoms with Crippen LogP contribution in [0, 0.1) is 5.92 Å². The number of β-lactam (4-membered cyclic amide) rings is 1. The molecule has 1 amide bonds.